The van der Waals surface area contributed by atoms with Crippen molar-refractivity contribution in [2.75, 3.05) is 0 Å². The van der Waals surface area contributed by atoms with E-state index in [2.05, 4.69) is 4.98 Å². The number of ether oxygens (including phenoxy) is 1. The average Bonchev–Trinajstić information content (AvgIpc) is 3.51. The first-order valence-electron chi connectivity index (χ1n) is 9.94. The average molecular weight is 423 g/mol. The lowest BCUT2D eigenvalue weighted by Crippen LogP contribution is -2.31. The van der Waals surface area contributed by atoms with Crippen molar-refractivity contribution >= 4 is 23.3 Å². The standard InChI is InChI=1S/C24H23FN2O2S/c1-17-26-20(16-30-17)15-29-22-11-6-18(7-12-22)8-13-24(28)27(21-9-10-21)14-19-4-2-3-5-23(19)25/h2-8,11-13,16,21H,9-10,14-15H2,1H3/b13-8+. The Morgan fingerprint density at radius 1 is 1.23 bits per heavy atom. The Kier molecular flexibility index (Phi) is 6.23. The van der Waals surface area contributed by atoms with Gasteiger partial charge in [0.2, 0.25) is 5.91 Å². The van der Waals surface area contributed by atoms with E-state index in [4.69, 9.17) is 4.74 Å². The van der Waals surface area contributed by atoms with Crippen LogP contribution in [0.5, 0.6) is 5.75 Å². The van der Waals surface area contributed by atoms with E-state index >= 15 is 0 Å². The van der Waals surface area contributed by atoms with Crippen molar-refractivity contribution in [1.82, 2.24) is 9.88 Å². The Bertz CT molecular complexity index is 1040. The first kappa shape index (κ1) is 20.3. The normalized spacial score (nSPS) is 13.5. The number of benzene rings is 2. The number of halogens is 1. The molecule has 1 saturated carbocycles. The Hall–Kier alpha value is -2.99. The number of hydrogen-bond donors (Lipinski definition) is 0. The highest BCUT2D eigenvalue weighted by molar-refractivity contribution is 7.09. The predicted molar refractivity (Wildman–Crippen MR) is 117 cm³/mol. The summed E-state index contributed by atoms with van der Waals surface area (Å²) in [6, 6.07) is 14.4. The van der Waals surface area contributed by atoms with Gasteiger partial charge in [0.15, 0.2) is 0 Å². The van der Waals surface area contributed by atoms with Crippen LogP contribution in [-0.4, -0.2) is 21.8 Å². The monoisotopic (exact) mass is 422 g/mol. The summed E-state index contributed by atoms with van der Waals surface area (Å²) in [6.45, 7) is 2.70. The van der Waals surface area contributed by atoms with Crippen molar-refractivity contribution in [3.05, 3.63) is 87.6 Å². The maximum atomic E-state index is 14.0. The van der Waals surface area contributed by atoms with E-state index in [0.717, 1.165) is 34.9 Å². The number of rotatable bonds is 8. The second kappa shape index (κ2) is 9.22. The van der Waals surface area contributed by atoms with Crippen molar-refractivity contribution < 1.29 is 13.9 Å². The first-order chi connectivity index (χ1) is 14.6. The number of aryl methyl sites for hydroxylation is 1. The van der Waals surface area contributed by atoms with E-state index in [0.29, 0.717) is 18.7 Å². The molecule has 1 heterocycles. The number of aromatic nitrogens is 1. The van der Waals surface area contributed by atoms with Crippen molar-refractivity contribution in [1.29, 1.82) is 0 Å². The lowest BCUT2D eigenvalue weighted by molar-refractivity contribution is -0.127. The summed E-state index contributed by atoms with van der Waals surface area (Å²) in [4.78, 5) is 18.9. The molecule has 2 aromatic carbocycles. The summed E-state index contributed by atoms with van der Waals surface area (Å²) in [7, 11) is 0. The molecule has 0 bridgehead atoms. The minimum atomic E-state index is -0.275. The van der Waals surface area contributed by atoms with Gasteiger partial charge in [-0.15, -0.1) is 11.3 Å². The molecule has 0 saturated heterocycles. The fraction of sp³-hybridized carbons (Fsp3) is 0.250. The molecule has 6 heteroatoms. The SMILES string of the molecule is Cc1nc(COc2ccc(/C=C/C(=O)N(Cc3ccccc3F)C3CC3)cc2)cs1. The molecule has 1 aliphatic carbocycles. The third kappa shape index (κ3) is 5.33. The van der Waals surface area contributed by atoms with Crippen LogP contribution in [0.4, 0.5) is 4.39 Å². The molecule has 0 atom stereocenters. The summed E-state index contributed by atoms with van der Waals surface area (Å²) in [5.74, 6) is 0.381. The topological polar surface area (TPSA) is 42.4 Å². The van der Waals surface area contributed by atoms with Crippen LogP contribution in [0.3, 0.4) is 0 Å². The zero-order valence-electron chi connectivity index (χ0n) is 16.8. The number of carbonyl (C=O) groups excluding carboxylic acids is 1. The molecular weight excluding hydrogens is 399 g/mol. The molecule has 30 heavy (non-hydrogen) atoms. The summed E-state index contributed by atoms with van der Waals surface area (Å²) in [6.07, 6.45) is 5.29. The second-order valence-corrected chi connectivity index (χ2v) is 8.40. The molecule has 4 rings (SSSR count). The molecule has 0 radical (unpaired) electrons. The van der Waals surface area contributed by atoms with Gasteiger partial charge < -0.3 is 9.64 Å². The van der Waals surface area contributed by atoms with Gasteiger partial charge in [0.05, 0.1) is 10.7 Å². The Labute approximate surface area is 179 Å². The number of amides is 1. The molecule has 154 valence electrons. The van der Waals surface area contributed by atoms with Gasteiger partial charge in [-0.05, 0) is 49.6 Å². The van der Waals surface area contributed by atoms with Crippen molar-refractivity contribution in [2.24, 2.45) is 0 Å². The lowest BCUT2D eigenvalue weighted by Gasteiger charge is -2.21. The van der Waals surface area contributed by atoms with Gasteiger partial charge in [0.25, 0.3) is 0 Å². The summed E-state index contributed by atoms with van der Waals surface area (Å²) >= 11 is 1.60. The molecule has 1 aromatic heterocycles. The van der Waals surface area contributed by atoms with Crippen LogP contribution in [0.1, 0.15) is 34.7 Å². The predicted octanol–water partition coefficient (Wildman–Crippen LogP) is 5.37. The Morgan fingerprint density at radius 3 is 2.67 bits per heavy atom. The highest BCUT2D eigenvalue weighted by Gasteiger charge is 2.31. The fourth-order valence-electron chi connectivity index (χ4n) is 3.15. The van der Waals surface area contributed by atoms with Gasteiger partial charge in [0.1, 0.15) is 18.2 Å². The van der Waals surface area contributed by atoms with Crippen molar-refractivity contribution in [3.8, 4) is 5.75 Å². The van der Waals surface area contributed by atoms with Crippen molar-refractivity contribution in [3.63, 3.8) is 0 Å². The molecule has 1 fully saturated rings. The van der Waals surface area contributed by atoms with Crippen molar-refractivity contribution in [2.45, 2.75) is 39.0 Å². The Morgan fingerprint density at radius 2 is 2.00 bits per heavy atom. The smallest absolute Gasteiger partial charge is 0.247 e. The Balaban J connectivity index is 1.35. The van der Waals surface area contributed by atoms with E-state index in [9.17, 15) is 9.18 Å². The fourth-order valence-corrected chi connectivity index (χ4v) is 3.75. The van der Waals surface area contributed by atoms with Gasteiger partial charge >= 0.3 is 0 Å². The summed E-state index contributed by atoms with van der Waals surface area (Å²) in [5.41, 5.74) is 2.37. The molecule has 4 nitrogen and oxygen atoms in total. The van der Waals surface area contributed by atoms with E-state index in [1.54, 1.807) is 46.6 Å². The number of hydrogen-bond acceptors (Lipinski definition) is 4. The largest absolute Gasteiger partial charge is 0.487 e. The molecule has 0 unspecified atom stereocenters. The molecule has 1 amide bonds. The minimum absolute atomic E-state index is 0.0972. The molecule has 0 aliphatic heterocycles. The number of thiazole rings is 1. The van der Waals surface area contributed by atoms with Crippen LogP contribution in [0.25, 0.3) is 6.08 Å². The van der Waals surface area contributed by atoms with Crippen LogP contribution < -0.4 is 4.74 Å². The summed E-state index contributed by atoms with van der Waals surface area (Å²) < 4.78 is 19.7. The van der Waals surface area contributed by atoms with E-state index < -0.39 is 0 Å². The second-order valence-electron chi connectivity index (χ2n) is 7.34. The highest BCUT2D eigenvalue weighted by Crippen LogP contribution is 2.29. The van der Waals surface area contributed by atoms with Gasteiger partial charge in [-0.25, -0.2) is 9.37 Å². The highest BCUT2D eigenvalue weighted by atomic mass is 32.1. The zero-order valence-corrected chi connectivity index (χ0v) is 17.6. The van der Waals surface area contributed by atoms with Gasteiger partial charge in [-0.1, -0.05) is 30.3 Å². The van der Waals surface area contributed by atoms with E-state index in [-0.39, 0.29) is 17.8 Å². The first-order valence-corrected chi connectivity index (χ1v) is 10.8. The minimum Gasteiger partial charge on any atom is -0.487 e. The molecule has 1 aliphatic rings. The molecule has 0 spiro atoms. The maximum Gasteiger partial charge on any atom is 0.247 e. The van der Waals surface area contributed by atoms with Crippen LogP contribution in [0.2, 0.25) is 0 Å². The molecule has 0 N–H and O–H groups in total. The van der Waals surface area contributed by atoms with E-state index in [1.165, 1.54) is 6.07 Å². The maximum absolute atomic E-state index is 14.0. The molecular formula is C24H23FN2O2S. The third-order valence-corrected chi connectivity index (χ3v) is 5.74. The lowest BCUT2D eigenvalue weighted by atomic mass is 10.1. The van der Waals surface area contributed by atoms with Crippen LogP contribution >= 0.6 is 11.3 Å². The van der Waals surface area contributed by atoms with Crippen LogP contribution in [0, 0.1) is 12.7 Å². The third-order valence-electron chi connectivity index (χ3n) is 4.92. The summed E-state index contributed by atoms with van der Waals surface area (Å²) in [5, 5.41) is 3.01. The van der Waals surface area contributed by atoms with Gasteiger partial charge in [-0.3, -0.25) is 4.79 Å². The van der Waals surface area contributed by atoms with Gasteiger partial charge in [0, 0.05) is 29.6 Å². The molecule has 3 aromatic rings. The zero-order chi connectivity index (χ0) is 20.9. The quantitative estimate of drug-likeness (QED) is 0.458. The number of carbonyl (C=O) groups is 1. The van der Waals surface area contributed by atoms with Gasteiger partial charge in [-0.2, -0.15) is 0 Å². The van der Waals surface area contributed by atoms with Crippen LogP contribution in [0.15, 0.2) is 60.0 Å². The van der Waals surface area contributed by atoms with E-state index in [1.807, 2.05) is 36.6 Å². The van der Waals surface area contributed by atoms with Crippen LogP contribution in [-0.2, 0) is 17.9 Å². The number of nitrogens with zero attached hydrogens (tertiary/aromatic N) is 2.